The van der Waals surface area contributed by atoms with Crippen LogP contribution >= 0.6 is 7.82 Å². The molecule has 0 amide bonds. The summed E-state index contributed by atoms with van der Waals surface area (Å²) in [7, 11) is -4.62. The summed E-state index contributed by atoms with van der Waals surface area (Å²) in [6.45, 7) is 3.84. The van der Waals surface area contributed by atoms with Crippen molar-refractivity contribution in [3.05, 3.63) is 48.6 Å². The SMILES string of the molecule is CCCCC/C=C\C/C=C\C/C=C\CCCCCCCCCOCC(COP(=O)(O)OCC(N)C(=O)O)OC(=O)CCCCCCCCC/C=C\CCCCCCCCC. The number of carboxylic acids is 1. The van der Waals surface area contributed by atoms with E-state index in [1.807, 2.05) is 0 Å². The highest BCUT2D eigenvalue weighted by atomic mass is 31.2. The number of esters is 1. The lowest BCUT2D eigenvalue weighted by molar-refractivity contribution is -0.154. The van der Waals surface area contributed by atoms with Gasteiger partial charge in [0.05, 0.1) is 19.8 Å². The van der Waals surface area contributed by atoms with Gasteiger partial charge >= 0.3 is 19.8 Å². The summed E-state index contributed by atoms with van der Waals surface area (Å²) in [6.07, 6.45) is 53.0. The molecule has 60 heavy (non-hydrogen) atoms. The molecule has 0 aliphatic rings. The lowest BCUT2D eigenvalue weighted by Gasteiger charge is -2.20. The molecule has 11 heteroatoms. The third kappa shape index (κ3) is 44.0. The molecule has 0 aromatic rings. The maximum atomic E-state index is 12.7. The van der Waals surface area contributed by atoms with Gasteiger partial charge < -0.3 is 25.2 Å². The molecule has 0 rings (SSSR count). The third-order valence-corrected chi connectivity index (χ3v) is 11.3. The van der Waals surface area contributed by atoms with Crippen LogP contribution in [0.25, 0.3) is 0 Å². The molecule has 0 aliphatic heterocycles. The molecule has 0 bridgehead atoms. The number of carbonyl (C=O) groups excluding carboxylic acids is 1. The molecule has 0 saturated carbocycles. The molecule has 4 N–H and O–H groups in total. The number of unbranched alkanes of at least 4 members (excludes halogenated alkanes) is 24. The van der Waals surface area contributed by atoms with Crippen LogP contribution in [0.5, 0.6) is 0 Å². The summed E-state index contributed by atoms with van der Waals surface area (Å²) < 4.78 is 33.4. The molecule has 0 aromatic heterocycles. The maximum absolute atomic E-state index is 12.7. The van der Waals surface area contributed by atoms with Gasteiger partial charge in [0.15, 0.2) is 0 Å². The highest BCUT2D eigenvalue weighted by Gasteiger charge is 2.27. The number of carbonyl (C=O) groups is 2. The van der Waals surface area contributed by atoms with E-state index in [0.29, 0.717) is 13.0 Å². The Balaban J connectivity index is 4.21. The Bertz CT molecular complexity index is 1140. The van der Waals surface area contributed by atoms with Crippen molar-refractivity contribution in [2.24, 2.45) is 5.73 Å². The van der Waals surface area contributed by atoms with Gasteiger partial charge in [0.1, 0.15) is 12.1 Å². The first-order chi connectivity index (χ1) is 29.2. The average molecular weight is 868 g/mol. The number of rotatable bonds is 46. The van der Waals surface area contributed by atoms with Gasteiger partial charge in [0.25, 0.3) is 0 Å². The fraction of sp³-hybridized carbons (Fsp3) is 0.796. The Morgan fingerprint density at radius 3 is 1.42 bits per heavy atom. The van der Waals surface area contributed by atoms with E-state index in [1.165, 1.54) is 122 Å². The zero-order valence-electron chi connectivity index (χ0n) is 38.3. The molecule has 10 nitrogen and oxygen atoms in total. The molecule has 0 heterocycles. The van der Waals surface area contributed by atoms with Crippen molar-refractivity contribution < 1.29 is 42.7 Å². The second-order valence-corrected chi connectivity index (χ2v) is 17.7. The van der Waals surface area contributed by atoms with E-state index in [9.17, 15) is 19.0 Å². The standard InChI is InChI=1S/C49H90NO9P/c1-3-5-7-9-11-13-15-17-19-21-23-24-26-28-30-32-34-36-38-40-42-56-43-46(44-57-60(54,55)58-45-47(50)49(52)53)59-48(51)41-39-37-35-33-31-29-27-25-22-20-18-16-14-12-10-8-6-4-2/h11,13,17,19-20,22-24,46-47H,3-10,12,14-16,18,21,25-45,50H2,1-2H3,(H,52,53)(H,54,55)/b13-11-,19-17-,22-20-,24-23-. The minimum Gasteiger partial charge on any atom is -0.480 e. The molecule has 0 fully saturated rings. The molecule has 0 spiro atoms. The second-order valence-electron chi connectivity index (χ2n) is 16.2. The van der Waals surface area contributed by atoms with Gasteiger partial charge in [-0.25, -0.2) is 4.57 Å². The molecule has 0 aliphatic carbocycles. The predicted molar refractivity (Wildman–Crippen MR) is 249 cm³/mol. The minimum atomic E-state index is -4.62. The van der Waals surface area contributed by atoms with Gasteiger partial charge in [-0.05, 0) is 77.0 Å². The molecule has 3 atom stereocenters. The van der Waals surface area contributed by atoms with Crippen molar-refractivity contribution in [1.29, 1.82) is 0 Å². The van der Waals surface area contributed by atoms with E-state index in [4.69, 9.17) is 29.4 Å². The van der Waals surface area contributed by atoms with E-state index in [0.717, 1.165) is 64.2 Å². The number of nitrogens with two attached hydrogens (primary N) is 1. The van der Waals surface area contributed by atoms with E-state index in [-0.39, 0.29) is 13.0 Å². The smallest absolute Gasteiger partial charge is 0.472 e. The summed E-state index contributed by atoms with van der Waals surface area (Å²) in [4.78, 5) is 33.6. The molecule has 0 saturated heterocycles. The van der Waals surface area contributed by atoms with Gasteiger partial charge in [0.2, 0.25) is 0 Å². The Morgan fingerprint density at radius 2 is 0.917 bits per heavy atom. The highest BCUT2D eigenvalue weighted by molar-refractivity contribution is 7.47. The average Bonchev–Trinajstić information content (AvgIpc) is 3.23. The number of phosphoric acid groups is 1. The first-order valence-electron chi connectivity index (χ1n) is 24.2. The third-order valence-electron chi connectivity index (χ3n) is 10.3. The van der Waals surface area contributed by atoms with Crippen molar-refractivity contribution in [3.63, 3.8) is 0 Å². The quantitative estimate of drug-likeness (QED) is 0.0233. The van der Waals surface area contributed by atoms with Crippen molar-refractivity contribution in [2.75, 3.05) is 26.4 Å². The van der Waals surface area contributed by atoms with Crippen LogP contribution < -0.4 is 5.73 Å². The summed E-state index contributed by atoms with van der Waals surface area (Å²) in [6, 6.07) is -1.48. The zero-order valence-corrected chi connectivity index (χ0v) is 39.2. The molecule has 0 aromatic carbocycles. The maximum Gasteiger partial charge on any atom is 0.472 e. The number of allylic oxidation sites excluding steroid dienone is 8. The number of hydrogen-bond donors (Lipinski definition) is 3. The van der Waals surface area contributed by atoms with Gasteiger partial charge in [-0.15, -0.1) is 0 Å². The molecular weight excluding hydrogens is 778 g/mol. The Labute approximate surface area is 367 Å². The monoisotopic (exact) mass is 868 g/mol. The van der Waals surface area contributed by atoms with Gasteiger partial charge in [-0.1, -0.05) is 178 Å². The van der Waals surface area contributed by atoms with Gasteiger partial charge in [-0.3, -0.25) is 18.6 Å². The molecule has 0 radical (unpaired) electrons. The van der Waals surface area contributed by atoms with Crippen LogP contribution in [0.1, 0.15) is 213 Å². The zero-order chi connectivity index (χ0) is 44.0. The van der Waals surface area contributed by atoms with Crippen LogP contribution in [0.3, 0.4) is 0 Å². The van der Waals surface area contributed by atoms with Crippen LogP contribution in [0.4, 0.5) is 0 Å². The first kappa shape index (κ1) is 57.9. The first-order valence-corrected chi connectivity index (χ1v) is 25.7. The van der Waals surface area contributed by atoms with E-state index in [2.05, 4.69) is 62.5 Å². The van der Waals surface area contributed by atoms with E-state index in [1.54, 1.807) is 0 Å². The number of ether oxygens (including phenoxy) is 2. The van der Waals surface area contributed by atoms with Crippen LogP contribution in [-0.4, -0.2) is 60.5 Å². The van der Waals surface area contributed by atoms with Crippen molar-refractivity contribution in [2.45, 2.75) is 225 Å². The lowest BCUT2D eigenvalue weighted by atomic mass is 10.1. The topological polar surface area (TPSA) is 155 Å². The normalized spacial score (nSPS) is 14.2. The number of aliphatic carboxylic acids is 1. The summed E-state index contributed by atoms with van der Waals surface area (Å²) in [5.74, 6) is -1.79. The second kappa shape index (κ2) is 45.0. The minimum absolute atomic E-state index is 0.00811. The van der Waals surface area contributed by atoms with Gasteiger partial charge in [0, 0.05) is 13.0 Å². The van der Waals surface area contributed by atoms with Crippen LogP contribution in [0.15, 0.2) is 48.6 Å². The largest absolute Gasteiger partial charge is 0.480 e. The van der Waals surface area contributed by atoms with Gasteiger partial charge in [-0.2, -0.15) is 0 Å². The van der Waals surface area contributed by atoms with Crippen LogP contribution in [-0.2, 0) is 32.7 Å². The van der Waals surface area contributed by atoms with Crippen molar-refractivity contribution in [3.8, 4) is 0 Å². The highest BCUT2D eigenvalue weighted by Crippen LogP contribution is 2.43. The predicted octanol–water partition coefficient (Wildman–Crippen LogP) is 13.8. The van der Waals surface area contributed by atoms with E-state index >= 15 is 0 Å². The molecule has 350 valence electrons. The number of carboxylic acid groups (broad SMARTS) is 1. The Morgan fingerprint density at radius 1 is 0.533 bits per heavy atom. The molecule has 3 unspecified atom stereocenters. The van der Waals surface area contributed by atoms with E-state index < -0.39 is 45.1 Å². The summed E-state index contributed by atoms with van der Waals surface area (Å²) >= 11 is 0. The van der Waals surface area contributed by atoms with Crippen LogP contribution in [0, 0.1) is 0 Å². The fourth-order valence-electron chi connectivity index (χ4n) is 6.55. The Hall–Kier alpha value is -2.07. The number of hydrogen-bond acceptors (Lipinski definition) is 8. The fourth-order valence-corrected chi connectivity index (χ4v) is 7.32. The molecular formula is C49H90NO9P. The van der Waals surface area contributed by atoms with Crippen LogP contribution in [0.2, 0.25) is 0 Å². The lowest BCUT2D eigenvalue weighted by Crippen LogP contribution is -2.34. The number of phosphoric ester groups is 1. The van der Waals surface area contributed by atoms with Crippen molar-refractivity contribution in [1.82, 2.24) is 0 Å². The summed E-state index contributed by atoms with van der Waals surface area (Å²) in [5.41, 5.74) is 5.37. The summed E-state index contributed by atoms with van der Waals surface area (Å²) in [5, 5.41) is 8.92. The van der Waals surface area contributed by atoms with Crippen molar-refractivity contribution >= 4 is 19.8 Å². The Kier molecular flexibility index (Phi) is 43.4.